The predicted octanol–water partition coefficient (Wildman–Crippen LogP) is 2.48. The van der Waals surface area contributed by atoms with E-state index in [1.807, 2.05) is 31.2 Å². The van der Waals surface area contributed by atoms with Crippen molar-refractivity contribution in [2.24, 2.45) is 0 Å². The molecule has 0 bridgehead atoms. The number of carbonyl (C=O) groups is 1. The molecule has 0 aliphatic carbocycles. The number of carbonyl (C=O) groups excluding carboxylic acids is 1. The molecule has 1 N–H and O–H groups in total. The van der Waals surface area contributed by atoms with Gasteiger partial charge in [0.05, 0.1) is 11.4 Å². The van der Waals surface area contributed by atoms with Crippen LogP contribution in [0.5, 0.6) is 5.75 Å². The Kier molecular flexibility index (Phi) is 7.47. The summed E-state index contributed by atoms with van der Waals surface area (Å²) in [6.45, 7) is 2.44. The Morgan fingerprint density at radius 1 is 1.11 bits per heavy atom. The van der Waals surface area contributed by atoms with Crippen LogP contribution in [-0.2, 0) is 14.8 Å². The highest BCUT2D eigenvalue weighted by atomic mass is 32.2. The number of hydrogen-bond donors (Lipinski definition) is 1. The molecule has 0 radical (unpaired) electrons. The summed E-state index contributed by atoms with van der Waals surface area (Å²) < 4.78 is 58.0. The number of rotatable bonds is 9. The standard InChI is InChI=1S/C19H22F2N2O4S/c1-14-3-5-15(6-4-14)27-12-11-23(2)19(24)9-10-22-28(25,26)16-7-8-17(20)18(21)13-16/h3-8,13,22H,9-12H2,1-2H3. The van der Waals surface area contributed by atoms with E-state index in [4.69, 9.17) is 4.74 Å². The van der Waals surface area contributed by atoms with Crippen LogP contribution in [0.25, 0.3) is 0 Å². The first-order valence-electron chi connectivity index (χ1n) is 8.57. The van der Waals surface area contributed by atoms with E-state index in [1.165, 1.54) is 4.90 Å². The van der Waals surface area contributed by atoms with Gasteiger partial charge in [0.1, 0.15) is 12.4 Å². The van der Waals surface area contributed by atoms with E-state index in [2.05, 4.69) is 4.72 Å². The van der Waals surface area contributed by atoms with Gasteiger partial charge in [0.15, 0.2) is 11.6 Å². The third-order valence-electron chi connectivity index (χ3n) is 3.97. The second-order valence-corrected chi connectivity index (χ2v) is 7.97. The molecule has 0 aromatic heterocycles. The zero-order valence-corrected chi connectivity index (χ0v) is 16.4. The number of nitrogens with zero attached hydrogens (tertiary/aromatic N) is 1. The first-order valence-corrected chi connectivity index (χ1v) is 10.1. The highest BCUT2D eigenvalue weighted by Crippen LogP contribution is 2.14. The van der Waals surface area contributed by atoms with Crippen molar-refractivity contribution in [3.63, 3.8) is 0 Å². The number of ether oxygens (including phenoxy) is 1. The monoisotopic (exact) mass is 412 g/mol. The average Bonchev–Trinajstić information content (AvgIpc) is 2.65. The van der Waals surface area contributed by atoms with Crippen LogP contribution in [0.1, 0.15) is 12.0 Å². The molecule has 1 amide bonds. The molecule has 0 heterocycles. The van der Waals surface area contributed by atoms with Crippen molar-refractivity contribution in [1.82, 2.24) is 9.62 Å². The minimum atomic E-state index is -4.03. The molecule has 9 heteroatoms. The summed E-state index contributed by atoms with van der Waals surface area (Å²) in [4.78, 5) is 13.1. The van der Waals surface area contributed by atoms with Gasteiger partial charge in [0.25, 0.3) is 0 Å². The number of amides is 1. The summed E-state index contributed by atoms with van der Waals surface area (Å²) in [5.74, 6) is -1.97. The molecule has 0 saturated carbocycles. The lowest BCUT2D eigenvalue weighted by atomic mass is 10.2. The van der Waals surface area contributed by atoms with Gasteiger partial charge in [-0.3, -0.25) is 4.79 Å². The summed E-state index contributed by atoms with van der Waals surface area (Å²) in [6.07, 6.45) is -0.0794. The Balaban J connectivity index is 1.76. The molecule has 0 spiro atoms. The summed E-state index contributed by atoms with van der Waals surface area (Å²) in [5.41, 5.74) is 1.12. The molecule has 2 aromatic rings. The van der Waals surface area contributed by atoms with Crippen LogP contribution in [0, 0.1) is 18.6 Å². The molecule has 2 aromatic carbocycles. The first-order chi connectivity index (χ1) is 13.2. The molecule has 0 aliphatic rings. The smallest absolute Gasteiger partial charge is 0.240 e. The SMILES string of the molecule is Cc1ccc(OCCN(C)C(=O)CCNS(=O)(=O)c2ccc(F)c(F)c2)cc1. The van der Waals surface area contributed by atoms with Crippen LogP contribution < -0.4 is 9.46 Å². The fraction of sp³-hybridized carbons (Fsp3) is 0.316. The molecule has 0 saturated heterocycles. The maximum absolute atomic E-state index is 13.2. The van der Waals surface area contributed by atoms with Crippen molar-refractivity contribution in [1.29, 1.82) is 0 Å². The van der Waals surface area contributed by atoms with Crippen molar-refractivity contribution in [2.75, 3.05) is 26.7 Å². The topological polar surface area (TPSA) is 75.7 Å². The van der Waals surface area contributed by atoms with Crippen LogP contribution in [-0.4, -0.2) is 46.0 Å². The van der Waals surface area contributed by atoms with E-state index in [-0.39, 0.29) is 18.9 Å². The number of hydrogen-bond acceptors (Lipinski definition) is 4. The lowest BCUT2D eigenvalue weighted by Gasteiger charge is -2.17. The van der Waals surface area contributed by atoms with Crippen LogP contribution >= 0.6 is 0 Å². The van der Waals surface area contributed by atoms with Gasteiger partial charge < -0.3 is 9.64 Å². The van der Waals surface area contributed by atoms with E-state index in [1.54, 1.807) is 7.05 Å². The second-order valence-electron chi connectivity index (χ2n) is 6.20. The quantitative estimate of drug-likeness (QED) is 0.687. The molecule has 0 unspecified atom stereocenters. The van der Waals surface area contributed by atoms with Gasteiger partial charge in [-0.1, -0.05) is 17.7 Å². The fourth-order valence-electron chi connectivity index (χ4n) is 2.27. The Morgan fingerprint density at radius 2 is 1.79 bits per heavy atom. The van der Waals surface area contributed by atoms with E-state index < -0.39 is 26.6 Å². The van der Waals surface area contributed by atoms with E-state index in [0.717, 1.165) is 17.7 Å². The van der Waals surface area contributed by atoms with Gasteiger partial charge in [-0.25, -0.2) is 21.9 Å². The van der Waals surface area contributed by atoms with Gasteiger partial charge in [-0.05, 0) is 37.3 Å². The van der Waals surface area contributed by atoms with Gasteiger partial charge in [-0.15, -0.1) is 0 Å². The lowest BCUT2D eigenvalue weighted by molar-refractivity contribution is -0.130. The zero-order valence-electron chi connectivity index (χ0n) is 15.6. The molecular weight excluding hydrogens is 390 g/mol. The van der Waals surface area contributed by atoms with E-state index >= 15 is 0 Å². The third-order valence-corrected chi connectivity index (χ3v) is 5.43. The minimum absolute atomic E-state index is 0.0794. The predicted molar refractivity (Wildman–Crippen MR) is 100 cm³/mol. The van der Waals surface area contributed by atoms with Crippen LogP contribution in [0.3, 0.4) is 0 Å². The number of benzene rings is 2. The number of nitrogens with one attached hydrogen (secondary N) is 1. The number of aryl methyl sites for hydroxylation is 1. The molecular formula is C19H22F2N2O4S. The number of likely N-dealkylation sites (N-methyl/N-ethyl adjacent to an activating group) is 1. The Morgan fingerprint density at radius 3 is 2.43 bits per heavy atom. The van der Waals surface area contributed by atoms with Crippen molar-refractivity contribution < 1.29 is 26.7 Å². The highest BCUT2D eigenvalue weighted by molar-refractivity contribution is 7.89. The van der Waals surface area contributed by atoms with E-state index in [9.17, 15) is 22.0 Å². The van der Waals surface area contributed by atoms with Crippen molar-refractivity contribution in [2.45, 2.75) is 18.2 Å². The molecule has 2 rings (SSSR count). The molecule has 6 nitrogen and oxygen atoms in total. The van der Waals surface area contributed by atoms with Crippen LogP contribution in [0.2, 0.25) is 0 Å². The summed E-state index contributed by atoms with van der Waals surface area (Å²) in [7, 11) is -2.44. The zero-order chi connectivity index (χ0) is 20.7. The summed E-state index contributed by atoms with van der Waals surface area (Å²) in [5, 5.41) is 0. The van der Waals surface area contributed by atoms with Crippen LogP contribution in [0.15, 0.2) is 47.4 Å². The molecule has 0 atom stereocenters. The summed E-state index contributed by atoms with van der Waals surface area (Å²) in [6, 6.07) is 9.79. The van der Waals surface area contributed by atoms with Crippen LogP contribution in [0.4, 0.5) is 8.78 Å². The normalized spacial score (nSPS) is 11.3. The van der Waals surface area contributed by atoms with Gasteiger partial charge in [-0.2, -0.15) is 0 Å². The average molecular weight is 412 g/mol. The second kappa shape index (κ2) is 9.61. The van der Waals surface area contributed by atoms with Gasteiger partial charge >= 0.3 is 0 Å². The first kappa shape index (κ1) is 21.8. The Bertz CT molecular complexity index is 918. The number of sulfonamides is 1. The van der Waals surface area contributed by atoms with Crippen molar-refractivity contribution >= 4 is 15.9 Å². The fourth-order valence-corrected chi connectivity index (χ4v) is 3.31. The lowest BCUT2D eigenvalue weighted by Crippen LogP contribution is -2.34. The van der Waals surface area contributed by atoms with Gasteiger partial charge in [0, 0.05) is 20.0 Å². The third kappa shape index (κ3) is 6.28. The van der Waals surface area contributed by atoms with E-state index in [0.29, 0.717) is 25.0 Å². The van der Waals surface area contributed by atoms with Crippen molar-refractivity contribution in [3.05, 3.63) is 59.7 Å². The molecule has 0 fully saturated rings. The van der Waals surface area contributed by atoms with Gasteiger partial charge in [0.2, 0.25) is 15.9 Å². The molecule has 28 heavy (non-hydrogen) atoms. The Hall–Kier alpha value is -2.52. The molecule has 152 valence electrons. The molecule has 0 aliphatic heterocycles. The maximum atomic E-state index is 13.2. The minimum Gasteiger partial charge on any atom is -0.492 e. The van der Waals surface area contributed by atoms with Crippen molar-refractivity contribution in [3.8, 4) is 5.75 Å². The Labute approximate surface area is 163 Å². The maximum Gasteiger partial charge on any atom is 0.240 e. The summed E-state index contributed by atoms with van der Waals surface area (Å²) >= 11 is 0. The highest BCUT2D eigenvalue weighted by Gasteiger charge is 2.17. The number of halogens is 2. The largest absolute Gasteiger partial charge is 0.492 e.